The SMILES string of the molecule is CC(C)(C)c1cc(NC(=O)CCSc2nnc3ccccn23)cc(C(C)(C)C)c1. The molecule has 2 aromatic heterocycles. The van der Waals surface area contributed by atoms with E-state index in [2.05, 4.69) is 75.3 Å². The van der Waals surface area contributed by atoms with Crippen LogP contribution in [-0.4, -0.2) is 26.3 Å². The topological polar surface area (TPSA) is 59.3 Å². The van der Waals surface area contributed by atoms with Crippen molar-refractivity contribution in [1.29, 1.82) is 0 Å². The number of anilines is 1. The molecule has 1 aromatic carbocycles. The van der Waals surface area contributed by atoms with Gasteiger partial charge in [-0.15, -0.1) is 10.2 Å². The second kappa shape index (κ2) is 8.19. The van der Waals surface area contributed by atoms with Gasteiger partial charge in [-0.25, -0.2) is 0 Å². The maximum absolute atomic E-state index is 12.6. The first-order valence-corrected chi connectivity index (χ1v) is 10.9. The van der Waals surface area contributed by atoms with Crippen LogP contribution in [0.4, 0.5) is 5.69 Å². The molecule has 1 amide bonds. The summed E-state index contributed by atoms with van der Waals surface area (Å²) < 4.78 is 1.94. The molecule has 3 aromatic rings. The van der Waals surface area contributed by atoms with Crippen molar-refractivity contribution in [3.63, 3.8) is 0 Å². The van der Waals surface area contributed by atoms with E-state index in [4.69, 9.17) is 0 Å². The quantitative estimate of drug-likeness (QED) is 0.569. The molecule has 0 aliphatic rings. The molecular weight excluding hydrogens is 380 g/mol. The highest BCUT2D eigenvalue weighted by atomic mass is 32.2. The van der Waals surface area contributed by atoms with Gasteiger partial charge in [0.1, 0.15) is 0 Å². The number of thioether (sulfide) groups is 1. The summed E-state index contributed by atoms with van der Waals surface area (Å²) in [5, 5.41) is 12.2. The van der Waals surface area contributed by atoms with E-state index in [1.807, 2.05) is 28.8 Å². The van der Waals surface area contributed by atoms with Crippen molar-refractivity contribution < 1.29 is 4.79 Å². The summed E-state index contributed by atoms with van der Waals surface area (Å²) in [4.78, 5) is 12.6. The fraction of sp³-hybridized carbons (Fsp3) is 0.435. The Bertz CT molecular complexity index is 979. The van der Waals surface area contributed by atoms with E-state index in [9.17, 15) is 4.79 Å². The summed E-state index contributed by atoms with van der Waals surface area (Å²) >= 11 is 1.54. The van der Waals surface area contributed by atoms with Gasteiger partial charge in [0.2, 0.25) is 5.91 Å². The zero-order chi connectivity index (χ0) is 21.2. The number of carbonyl (C=O) groups excluding carboxylic acids is 1. The van der Waals surface area contributed by atoms with Crippen molar-refractivity contribution in [2.45, 2.75) is 63.9 Å². The van der Waals surface area contributed by atoms with Crippen LogP contribution >= 0.6 is 11.8 Å². The molecule has 0 bridgehead atoms. The van der Waals surface area contributed by atoms with Gasteiger partial charge in [-0.2, -0.15) is 0 Å². The third-order valence-electron chi connectivity index (χ3n) is 4.79. The van der Waals surface area contributed by atoms with E-state index < -0.39 is 0 Å². The third kappa shape index (κ3) is 5.38. The first-order chi connectivity index (χ1) is 13.5. The molecule has 0 radical (unpaired) electrons. The van der Waals surface area contributed by atoms with Crippen LogP contribution in [0.25, 0.3) is 5.65 Å². The lowest BCUT2D eigenvalue weighted by atomic mass is 9.80. The number of nitrogens with one attached hydrogen (secondary N) is 1. The number of fused-ring (bicyclic) bond motifs is 1. The minimum absolute atomic E-state index is 0.0113. The normalized spacial score (nSPS) is 12.3. The zero-order valence-corrected chi connectivity index (χ0v) is 18.9. The van der Waals surface area contributed by atoms with Crippen LogP contribution in [0.15, 0.2) is 47.8 Å². The van der Waals surface area contributed by atoms with Gasteiger partial charge in [0, 0.05) is 24.1 Å². The van der Waals surface area contributed by atoms with Gasteiger partial charge in [-0.05, 0) is 46.2 Å². The summed E-state index contributed by atoms with van der Waals surface area (Å²) in [7, 11) is 0. The molecule has 5 nitrogen and oxygen atoms in total. The van der Waals surface area contributed by atoms with Gasteiger partial charge in [0.05, 0.1) is 0 Å². The lowest BCUT2D eigenvalue weighted by Gasteiger charge is -2.26. The Morgan fingerprint density at radius 2 is 1.66 bits per heavy atom. The molecule has 6 heteroatoms. The van der Waals surface area contributed by atoms with Gasteiger partial charge in [-0.3, -0.25) is 9.20 Å². The first-order valence-electron chi connectivity index (χ1n) is 9.92. The number of hydrogen-bond donors (Lipinski definition) is 1. The Morgan fingerprint density at radius 3 is 2.28 bits per heavy atom. The molecule has 0 aliphatic heterocycles. The Morgan fingerprint density at radius 1 is 1.00 bits per heavy atom. The average molecular weight is 411 g/mol. The second-order valence-corrected chi connectivity index (χ2v) is 10.4. The molecule has 0 aliphatic carbocycles. The predicted octanol–water partition coefficient (Wildman–Crippen LogP) is 5.45. The zero-order valence-electron chi connectivity index (χ0n) is 18.1. The van der Waals surface area contributed by atoms with Gasteiger partial charge in [-0.1, -0.05) is 65.4 Å². The minimum Gasteiger partial charge on any atom is -0.326 e. The van der Waals surface area contributed by atoms with Crippen LogP contribution in [-0.2, 0) is 15.6 Å². The summed E-state index contributed by atoms with van der Waals surface area (Å²) in [5.41, 5.74) is 4.17. The van der Waals surface area contributed by atoms with Crippen molar-refractivity contribution in [2.24, 2.45) is 0 Å². The van der Waals surface area contributed by atoms with Crippen LogP contribution in [0.3, 0.4) is 0 Å². The summed E-state index contributed by atoms with van der Waals surface area (Å²) in [6.45, 7) is 13.2. The summed E-state index contributed by atoms with van der Waals surface area (Å²) in [6, 6.07) is 12.2. The Kier molecular flexibility index (Phi) is 6.03. The van der Waals surface area contributed by atoms with E-state index in [-0.39, 0.29) is 16.7 Å². The summed E-state index contributed by atoms with van der Waals surface area (Å²) in [6.07, 6.45) is 2.35. The number of hydrogen-bond acceptors (Lipinski definition) is 4. The van der Waals surface area contributed by atoms with Crippen molar-refractivity contribution >= 4 is 29.0 Å². The van der Waals surface area contributed by atoms with Crippen molar-refractivity contribution in [1.82, 2.24) is 14.6 Å². The van der Waals surface area contributed by atoms with Crippen molar-refractivity contribution in [3.8, 4) is 0 Å². The first kappa shape index (κ1) is 21.4. The van der Waals surface area contributed by atoms with E-state index in [0.29, 0.717) is 12.2 Å². The Balaban J connectivity index is 1.67. The van der Waals surface area contributed by atoms with Crippen LogP contribution in [0, 0.1) is 0 Å². The number of carbonyl (C=O) groups is 1. The number of benzene rings is 1. The van der Waals surface area contributed by atoms with Gasteiger partial charge < -0.3 is 5.32 Å². The highest BCUT2D eigenvalue weighted by Gasteiger charge is 2.21. The Labute approximate surface area is 177 Å². The number of rotatable bonds is 5. The second-order valence-electron chi connectivity index (χ2n) is 9.36. The fourth-order valence-electron chi connectivity index (χ4n) is 2.94. The maximum Gasteiger partial charge on any atom is 0.225 e. The van der Waals surface area contributed by atoms with E-state index >= 15 is 0 Å². The molecular formula is C23H30N4OS. The van der Waals surface area contributed by atoms with E-state index in [1.54, 1.807) is 0 Å². The molecule has 154 valence electrons. The number of aromatic nitrogens is 3. The minimum atomic E-state index is 0.0113. The standard InChI is InChI=1S/C23H30N4OS/c1-22(2,3)16-13-17(23(4,5)6)15-18(14-16)24-20(28)10-12-29-21-26-25-19-9-7-8-11-27(19)21/h7-9,11,13-15H,10,12H2,1-6H3,(H,24,28). The molecule has 0 spiro atoms. The molecule has 1 N–H and O–H groups in total. The van der Waals surface area contributed by atoms with Gasteiger partial charge in [0.25, 0.3) is 0 Å². The van der Waals surface area contributed by atoms with Crippen LogP contribution in [0.1, 0.15) is 59.1 Å². The van der Waals surface area contributed by atoms with E-state index in [1.165, 1.54) is 22.9 Å². The molecule has 3 rings (SSSR count). The van der Waals surface area contributed by atoms with Crippen LogP contribution in [0.5, 0.6) is 0 Å². The molecule has 0 fully saturated rings. The Hall–Kier alpha value is -2.34. The monoisotopic (exact) mass is 410 g/mol. The fourth-order valence-corrected chi connectivity index (χ4v) is 3.80. The predicted molar refractivity (Wildman–Crippen MR) is 121 cm³/mol. The highest BCUT2D eigenvalue weighted by molar-refractivity contribution is 7.99. The van der Waals surface area contributed by atoms with E-state index in [0.717, 1.165) is 16.5 Å². The molecule has 0 unspecified atom stereocenters. The molecule has 0 atom stereocenters. The largest absolute Gasteiger partial charge is 0.326 e. The van der Waals surface area contributed by atoms with Crippen molar-refractivity contribution in [3.05, 3.63) is 53.7 Å². The molecule has 2 heterocycles. The van der Waals surface area contributed by atoms with Gasteiger partial charge in [0.15, 0.2) is 10.8 Å². The van der Waals surface area contributed by atoms with Crippen LogP contribution < -0.4 is 5.32 Å². The number of nitrogens with zero attached hydrogens (tertiary/aromatic N) is 3. The third-order valence-corrected chi connectivity index (χ3v) is 5.74. The molecule has 29 heavy (non-hydrogen) atoms. The average Bonchev–Trinajstić information content (AvgIpc) is 3.03. The summed E-state index contributed by atoms with van der Waals surface area (Å²) in [5.74, 6) is 0.657. The highest BCUT2D eigenvalue weighted by Crippen LogP contribution is 2.32. The lowest BCUT2D eigenvalue weighted by Crippen LogP contribution is -2.19. The van der Waals surface area contributed by atoms with Crippen molar-refractivity contribution in [2.75, 3.05) is 11.1 Å². The number of amides is 1. The molecule has 0 saturated heterocycles. The maximum atomic E-state index is 12.6. The smallest absolute Gasteiger partial charge is 0.225 e. The lowest BCUT2D eigenvalue weighted by molar-refractivity contribution is -0.115. The molecule has 0 saturated carbocycles. The van der Waals surface area contributed by atoms with Crippen LogP contribution in [0.2, 0.25) is 0 Å². The van der Waals surface area contributed by atoms with Gasteiger partial charge >= 0.3 is 0 Å². The number of pyridine rings is 1.